The summed E-state index contributed by atoms with van der Waals surface area (Å²) in [6.07, 6.45) is -7.48. The largest absolute Gasteiger partial charge is 0.453 e. The first-order chi connectivity index (χ1) is 11.9. The normalized spacial score (nSPS) is 12.1. The minimum absolute atomic E-state index is 0.168. The fourth-order valence-corrected chi connectivity index (χ4v) is 1.79. The molecular formula is C13H9F4N5O3. The molecule has 0 bridgehead atoms. The molecule has 0 N–H and O–H groups in total. The van der Waals surface area contributed by atoms with Gasteiger partial charge in [0.1, 0.15) is 6.10 Å². The predicted molar refractivity (Wildman–Crippen MR) is 73.5 cm³/mol. The highest BCUT2D eigenvalue weighted by atomic mass is 19.3. The molecule has 1 atom stereocenters. The number of hydrogen-bond donors (Lipinski definition) is 0. The van der Waals surface area contributed by atoms with Crippen molar-refractivity contribution in [2.45, 2.75) is 19.0 Å². The summed E-state index contributed by atoms with van der Waals surface area (Å²) in [5.74, 6) is -2.77. The van der Waals surface area contributed by atoms with E-state index in [0.717, 1.165) is 0 Å². The van der Waals surface area contributed by atoms with Crippen molar-refractivity contribution < 1.29 is 31.5 Å². The van der Waals surface area contributed by atoms with Crippen molar-refractivity contribution in [1.29, 1.82) is 0 Å². The van der Waals surface area contributed by atoms with Gasteiger partial charge in [-0.15, -0.1) is 10.2 Å². The molecule has 2 rings (SSSR count). The van der Waals surface area contributed by atoms with Crippen LogP contribution < -0.4 is 0 Å². The molecule has 0 aliphatic rings. The molecule has 0 radical (unpaired) electrons. The molecule has 2 aromatic rings. The number of azide groups is 1. The molecule has 0 aliphatic carbocycles. The molecule has 0 saturated heterocycles. The second-order valence-electron chi connectivity index (χ2n) is 4.51. The first-order valence-electron chi connectivity index (χ1n) is 6.63. The minimum atomic E-state index is -3.33. The van der Waals surface area contributed by atoms with E-state index in [4.69, 9.17) is 9.95 Å². The van der Waals surface area contributed by atoms with Crippen molar-refractivity contribution in [2.75, 3.05) is 6.54 Å². The van der Waals surface area contributed by atoms with Crippen LogP contribution in [0.5, 0.6) is 0 Å². The molecule has 12 heteroatoms. The molecule has 1 heterocycles. The molecule has 25 heavy (non-hydrogen) atoms. The average Bonchev–Trinajstić information content (AvgIpc) is 3.09. The van der Waals surface area contributed by atoms with Gasteiger partial charge in [0.25, 0.3) is 5.89 Å². The lowest BCUT2D eigenvalue weighted by Crippen LogP contribution is -2.19. The van der Waals surface area contributed by atoms with E-state index in [-0.39, 0.29) is 17.0 Å². The van der Waals surface area contributed by atoms with Gasteiger partial charge in [0, 0.05) is 10.5 Å². The molecule has 0 amide bonds. The SMILES string of the molecule is [N-]=[N+]=NCC(OC(=O)C(F)F)c1ccc(-c2nnc(C(F)F)o2)cc1. The van der Waals surface area contributed by atoms with E-state index in [2.05, 4.69) is 25.0 Å². The molecule has 8 nitrogen and oxygen atoms in total. The highest BCUT2D eigenvalue weighted by molar-refractivity contribution is 5.73. The predicted octanol–water partition coefficient (Wildman–Crippen LogP) is 3.83. The van der Waals surface area contributed by atoms with Crippen LogP contribution in [0, 0.1) is 0 Å². The minimum Gasteiger partial charge on any atom is -0.453 e. The second kappa shape index (κ2) is 8.11. The van der Waals surface area contributed by atoms with Crippen LogP contribution in [0.1, 0.15) is 24.0 Å². The van der Waals surface area contributed by atoms with Crippen molar-refractivity contribution in [3.05, 3.63) is 46.2 Å². The van der Waals surface area contributed by atoms with Crippen LogP contribution in [0.25, 0.3) is 21.9 Å². The van der Waals surface area contributed by atoms with Gasteiger partial charge in [-0.2, -0.15) is 17.6 Å². The lowest BCUT2D eigenvalue weighted by atomic mass is 10.1. The Kier molecular flexibility index (Phi) is 5.90. The maximum absolute atomic E-state index is 12.4. The zero-order chi connectivity index (χ0) is 18.4. The first kappa shape index (κ1) is 18.2. The third kappa shape index (κ3) is 4.67. The van der Waals surface area contributed by atoms with Gasteiger partial charge >= 0.3 is 18.8 Å². The smallest absolute Gasteiger partial charge is 0.374 e. The molecule has 0 fully saturated rings. The first-order valence-corrected chi connectivity index (χ1v) is 6.63. The Morgan fingerprint density at radius 1 is 1.24 bits per heavy atom. The third-order valence-corrected chi connectivity index (χ3v) is 2.90. The Hall–Kier alpha value is -3.14. The molecule has 0 saturated carbocycles. The number of esters is 1. The molecule has 132 valence electrons. The van der Waals surface area contributed by atoms with Crippen molar-refractivity contribution in [3.63, 3.8) is 0 Å². The number of ether oxygens (including phenoxy) is 1. The zero-order valence-electron chi connectivity index (χ0n) is 12.2. The lowest BCUT2D eigenvalue weighted by Gasteiger charge is -2.16. The van der Waals surface area contributed by atoms with E-state index in [1.54, 1.807) is 0 Å². The number of halogens is 4. The van der Waals surface area contributed by atoms with Crippen molar-refractivity contribution >= 4 is 5.97 Å². The van der Waals surface area contributed by atoms with Gasteiger partial charge in [-0.05, 0) is 23.2 Å². The zero-order valence-corrected chi connectivity index (χ0v) is 12.2. The quantitative estimate of drug-likeness (QED) is 0.245. The van der Waals surface area contributed by atoms with Gasteiger partial charge in [0.15, 0.2) is 0 Å². The number of benzene rings is 1. The maximum Gasteiger partial charge on any atom is 0.374 e. The Labute approximate surface area is 137 Å². The van der Waals surface area contributed by atoms with E-state index in [0.29, 0.717) is 0 Å². The van der Waals surface area contributed by atoms with Crippen LogP contribution in [0.2, 0.25) is 0 Å². The van der Waals surface area contributed by atoms with E-state index >= 15 is 0 Å². The molecule has 1 aromatic heterocycles. The fourth-order valence-electron chi connectivity index (χ4n) is 1.79. The highest BCUT2D eigenvalue weighted by Crippen LogP contribution is 2.26. The standard InChI is InChI=1S/C13H9F4N5O3/c14-9(15)12-21-20-11(25-12)7-3-1-6(2-4-7)8(5-19-22-18)24-13(23)10(16)17/h1-4,8-10H,5H2. The second-order valence-corrected chi connectivity index (χ2v) is 4.51. The number of carbonyl (C=O) groups is 1. The number of nitrogens with zero attached hydrogens (tertiary/aromatic N) is 5. The van der Waals surface area contributed by atoms with E-state index in [9.17, 15) is 22.4 Å². The third-order valence-electron chi connectivity index (χ3n) is 2.90. The number of alkyl halides is 4. The van der Waals surface area contributed by atoms with Gasteiger partial charge in [-0.1, -0.05) is 17.2 Å². The van der Waals surface area contributed by atoms with Crippen LogP contribution in [-0.2, 0) is 9.53 Å². The van der Waals surface area contributed by atoms with Crippen LogP contribution >= 0.6 is 0 Å². The van der Waals surface area contributed by atoms with Crippen molar-refractivity contribution in [3.8, 4) is 11.5 Å². The van der Waals surface area contributed by atoms with Gasteiger partial charge in [0.05, 0.1) is 6.54 Å². The Balaban J connectivity index is 2.21. The summed E-state index contributed by atoms with van der Waals surface area (Å²) < 4.78 is 58.8. The Bertz CT molecular complexity index is 774. The summed E-state index contributed by atoms with van der Waals surface area (Å²) >= 11 is 0. The van der Waals surface area contributed by atoms with Gasteiger partial charge in [0.2, 0.25) is 5.89 Å². The molecule has 0 aliphatic heterocycles. The average molecular weight is 359 g/mol. The summed E-state index contributed by atoms with van der Waals surface area (Å²) in [6, 6.07) is 5.46. The number of aromatic nitrogens is 2. The van der Waals surface area contributed by atoms with E-state index in [1.807, 2.05) is 0 Å². The molecule has 0 spiro atoms. The van der Waals surface area contributed by atoms with Crippen LogP contribution in [0.15, 0.2) is 33.8 Å². The highest BCUT2D eigenvalue weighted by Gasteiger charge is 2.23. The van der Waals surface area contributed by atoms with Crippen LogP contribution in [0.3, 0.4) is 0 Å². The van der Waals surface area contributed by atoms with Crippen molar-refractivity contribution in [1.82, 2.24) is 10.2 Å². The summed E-state index contributed by atoms with van der Waals surface area (Å²) in [6.45, 7) is -0.398. The summed E-state index contributed by atoms with van der Waals surface area (Å²) in [5, 5.41) is 9.83. The molecular weight excluding hydrogens is 350 g/mol. The molecule has 1 aromatic carbocycles. The number of rotatable bonds is 7. The Morgan fingerprint density at radius 2 is 1.92 bits per heavy atom. The Morgan fingerprint density at radius 3 is 2.44 bits per heavy atom. The van der Waals surface area contributed by atoms with Gasteiger partial charge in [-0.25, -0.2) is 4.79 Å². The van der Waals surface area contributed by atoms with Gasteiger partial charge in [-0.3, -0.25) is 0 Å². The van der Waals surface area contributed by atoms with E-state index in [1.165, 1.54) is 24.3 Å². The monoisotopic (exact) mass is 359 g/mol. The number of carbonyl (C=O) groups excluding carboxylic acids is 1. The summed E-state index contributed by atoms with van der Waals surface area (Å²) in [4.78, 5) is 13.5. The maximum atomic E-state index is 12.4. The number of hydrogen-bond acceptors (Lipinski definition) is 6. The topological polar surface area (TPSA) is 114 Å². The molecule has 1 unspecified atom stereocenters. The van der Waals surface area contributed by atoms with Crippen LogP contribution in [0.4, 0.5) is 17.6 Å². The van der Waals surface area contributed by atoms with Crippen molar-refractivity contribution in [2.24, 2.45) is 5.11 Å². The van der Waals surface area contributed by atoms with E-state index < -0.39 is 37.4 Å². The summed E-state index contributed by atoms with van der Waals surface area (Å²) in [7, 11) is 0. The van der Waals surface area contributed by atoms with Crippen LogP contribution in [-0.4, -0.2) is 29.1 Å². The summed E-state index contributed by atoms with van der Waals surface area (Å²) in [5.41, 5.74) is 8.86. The lowest BCUT2D eigenvalue weighted by molar-refractivity contribution is -0.162. The van der Waals surface area contributed by atoms with Gasteiger partial charge < -0.3 is 9.15 Å². The fraction of sp³-hybridized carbons (Fsp3) is 0.308.